The number of hydrogen-bond acceptors (Lipinski definition) is 2. The number of carbonyl (C=O) groups excluding carboxylic acids is 1. The Hall–Kier alpha value is -1.59. The first-order chi connectivity index (χ1) is 9.49. The number of carbonyl (C=O) groups is 1. The molecule has 2 aromatic carbocycles. The molecule has 1 unspecified atom stereocenters. The maximum atomic E-state index is 13.6. The van der Waals surface area contributed by atoms with Gasteiger partial charge in [0.15, 0.2) is 0 Å². The molecule has 6 heteroatoms. The monoisotopic (exact) mass is 356 g/mol. The Balaban J connectivity index is 2.34. The third kappa shape index (κ3) is 3.29. The standard InChI is InChI=1S/C14H11BrClFN2O/c15-9-6-5-8(7-10(9)16)13(14(18)20)19-12-4-2-1-3-11(12)17/h1-7,13,19H,(H2,18,20). The molecule has 0 radical (unpaired) electrons. The van der Waals surface area contributed by atoms with Crippen LogP contribution >= 0.6 is 27.5 Å². The molecule has 0 aliphatic heterocycles. The van der Waals surface area contributed by atoms with Gasteiger partial charge in [0.1, 0.15) is 11.9 Å². The van der Waals surface area contributed by atoms with E-state index in [1.165, 1.54) is 12.1 Å². The van der Waals surface area contributed by atoms with Crippen molar-refractivity contribution in [3.05, 3.63) is 63.3 Å². The number of halogens is 3. The normalized spacial score (nSPS) is 11.9. The molecule has 0 saturated carbocycles. The minimum atomic E-state index is -0.863. The second-order valence-corrected chi connectivity index (χ2v) is 5.39. The fourth-order valence-electron chi connectivity index (χ4n) is 1.74. The smallest absolute Gasteiger partial charge is 0.244 e. The van der Waals surface area contributed by atoms with Gasteiger partial charge in [-0.2, -0.15) is 0 Å². The van der Waals surface area contributed by atoms with Gasteiger partial charge in [-0.1, -0.05) is 29.8 Å². The highest BCUT2D eigenvalue weighted by Crippen LogP contribution is 2.28. The largest absolute Gasteiger partial charge is 0.368 e. The fourth-order valence-corrected chi connectivity index (χ4v) is 2.18. The molecule has 1 atom stereocenters. The lowest BCUT2D eigenvalue weighted by atomic mass is 10.1. The van der Waals surface area contributed by atoms with E-state index in [9.17, 15) is 9.18 Å². The lowest BCUT2D eigenvalue weighted by molar-refractivity contribution is -0.118. The Morgan fingerprint density at radius 3 is 2.60 bits per heavy atom. The molecule has 1 amide bonds. The van der Waals surface area contributed by atoms with Crippen LogP contribution in [0.2, 0.25) is 5.02 Å². The van der Waals surface area contributed by atoms with Crippen LogP contribution in [0.3, 0.4) is 0 Å². The van der Waals surface area contributed by atoms with E-state index in [0.29, 0.717) is 15.1 Å². The Morgan fingerprint density at radius 1 is 1.30 bits per heavy atom. The summed E-state index contributed by atoms with van der Waals surface area (Å²) in [5.41, 5.74) is 6.14. The van der Waals surface area contributed by atoms with Crippen molar-refractivity contribution in [3.63, 3.8) is 0 Å². The summed E-state index contributed by atoms with van der Waals surface area (Å²) in [5, 5.41) is 3.23. The van der Waals surface area contributed by atoms with E-state index in [2.05, 4.69) is 21.2 Å². The summed E-state index contributed by atoms with van der Waals surface area (Å²) in [6.45, 7) is 0. The molecule has 0 bridgehead atoms. The van der Waals surface area contributed by atoms with Crippen molar-refractivity contribution < 1.29 is 9.18 Å². The SMILES string of the molecule is NC(=O)C(Nc1ccccc1F)c1ccc(Br)c(Cl)c1. The lowest BCUT2D eigenvalue weighted by Crippen LogP contribution is -2.28. The molecule has 2 rings (SSSR count). The topological polar surface area (TPSA) is 55.1 Å². The van der Waals surface area contributed by atoms with Gasteiger partial charge >= 0.3 is 0 Å². The molecular formula is C14H11BrClFN2O. The zero-order valence-corrected chi connectivity index (χ0v) is 12.6. The molecule has 0 spiro atoms. The predicted molar refractivity (Wildman–Crippen MR) is 81.1 cm³/mol. The maximum Gasteiger partial charge on any atom is 0.244 e. The summed E-state index contributed by atoms with van der Waals surface area (Å²) in [4.78, 5) is 11.6. The van der Waals surface area contributed by atoms with E-state index >= 15 is 0 Å². The van der Waals surface area contributed by atoms with Crippen molar-refractivity contribution in [3.8, 4) is 0 Å². The number of amides is 1. The molecule has 3 N–H and O–H groups in total. The first-order valence-electron chi connectivity index (χ1n) is 5.74. The molecule has 0 fully saturated rings. The van der Waals surface area contributed by atoms with Gasteiger partial charge < -0.3 is 11.1 Å². The maximum absolute atomic E-state index is 13.6. The Morgan fingerprint density at radius 2 is 2.00 bits per heavy atom. The molecule has 3 nitrogen and oxygen atoms in total. The molecule has 0 aliphatic rings. The number of anilines is 1. The van der Waals surface area contributed by atoms with Gasteiger partial charge in [-0.15, -0.1) is 0 Å². The van der Waals surface area contributed by atoms with Gasteiger partial charge in [-0.05, 0) is 45.8 Å². The predicted octanol–water partition coefficient (Wildman–Crippen LogP) is 3.88. The molecule has 0 saturated heterocycles. The van der Waals surface area contributed by atoms with Crippen molar-refractivity contribution in [2.45, 2.75) is 6.04 Å². The number of para-hydroxylation sites is 1. The Labute approximate surface area is 129 Å². The quantitative estimate of drug-likeness (QED) is 0.872. The highest BCUT2D eigenvalue weighted by molar-refractivity contribution is 9.10. The van der Waals surface area contributed by atoms with Gasteiger partial charge in [0.25, 0.3) is 0 Å². The van der Waals surface area contributed by atoms with Crippen molar-refractivity contribution >= 4 is 39.1 Å². The second kappa shape index (κ2) is 6.24. The van der Waals surface area contributed by atoms with Crippen LogP contribution in [0.15, 0.2) is 46.9 Å². The zero-order chi connectivity index (χ0) is 14.7. The van der Waals surface area contributed by atoms with Crippen LogP contribution in [0.1, 0.15) is 11.6 Å². The summed E-state index contributed by atoms with van der Waals surface area (Å²) in [6.07, 6.45) is 0. The average molecular weight is 358 g/mol. The van der Waals surface area contributed by atoms with Crippen LogP contribution in [0.25, 0.3) is 0 Å². The molecule has 0 aliphatic carbocycles. The molecule has 20 heavy (non-hydrogen) atoms. The summed E-state index contributed by atoms with van der Waals surface area (Å²) in [6, 6.07) is 10.2. The second-order valence-electron chi connectivity index (χ2n) is 4.13. The summed E-state index contributed by atoms with van der Waals surface area (Å²) >= 11 is 9.26. The van der Waals surface area contributed by atoms with E-state index in [-0.39, 0.29) is 5.69 Å². The summed E-state index contributed by atoms with van der Waals surface area (Å²) in [7, 11) is 0. The number of benzene rings is 2. The van der Waals surface area contributed by atoms with Gasteiger partial charge in [0.05, 0.1) is 10.7 Å². The highest BCUT2D eigenvalue weighted by Gasteiger charge is 2.19. The minimum Gasteiger partial charge on any atom is -0.368 e. The first kappa shape index (κ1) is 14.8. The third-order valence-corrected chi connectivity index (χ3v) is 3.97. The van der Waals surface area contributed by atoms with Crippen molar-refractivity contribution in [2.24, 2.45) is 5.73 Å². The molecule has 0 aromatic heterocycles. The summed E-state index contributed by atoms with van der Waals surface area (Å²) in [5.74, 6) is -1.08. The first-order valence-corrected chi connectivity index (χ1v) is 6.91. The van der Waals surface area contributed by atoms with Crippen LogP contribution in [-0.2, 0) is 4.79 Å². The highest BCUT2D eigenvalue weighted by atomic mass is 79.9. The van der Waals surface area contributed by atoms with Crippen molar-refractivity contribution in [1.82, 2.24) is 0 Å². The van der Waals surface area contributed by atoms with Crippen LogP contribution in [0.5, 0.6) is 0 Å². The van der Waals surface area contributed by atoms with Crippen LogP contribution in [0, 0.1) is 5.82 Å². The van der Waals surface area contributed by atoms with Crippen LogP contribution in [0.4, 0.5) is 10.1 Å². The number of nitrogens with one attached hydrogen (secondary N) is 1. The molecule has 0 heterocycles. The number of primary amides is 1. The zero-order valence-electron chi connectivity index (χ0n) is 10.2. The van der Waals surface area contributed by atoms with Gasteiger partial charge in [-0.3, -0.25) is 4.79 Å². The van der Waals surface area contributed by atoms with Crippen LogP contribution < -0.4 is 11.1 Å². The van der Waals surface area contributed by atoms with E-state index in [4.69, 9.17) is 17.3 Å². The van der Waals surface area contributed by atoms with Gasteiger partial charge in [0.2, 0.25) is 5.91 Å². The molecular weight excluding hydrogens is 347 g/mol. The van der Waals surface area contributed by atoms with Crippen molar-refractivity contribution in [1.29, 1.82) is 0 Å². The molecule has 2 aromatic rings. The van der Waals surface area contributed by atoms with E-state index in [1.807, 2.05) is 0 Å². The summed E-state index contributed by atoms with van der Waals surface area (Å²) < 4.78 is 14.3. The van der Waals surface area contributed by atoms with Gasteiger partial charge in [0, 0.05) is 4.47 Å². The molecule has 104 valence electrons. The lowest BCUT2D eigenvalue weighted by Gasteiger charge is -2.18. The Bertz CT molecular complexity index is 651. The van der Waals surface area contributed by atoms with E-state index in [1.54, 1.807) is 30.3 Å². The third-order valence-electron chi connectivity index (χ3n) is 2.74. The Kier molecular flexibility index (Phi) is 4.62. The minimum absolute atomic E-state index is 0.204. The van der Waals surface area contributed by atoms with Gasteiger partial charge in [-0.25, -0.2) is 4.39 Å². The van der Waals surface area contributed by atoms with Crippen molar-refractivity contribution in [2.75, 3.05) is 5.32 Å². The number of nitrogens with two attached hydrogens (primary N) is 1. The fraction of sp³-hybridized carbons (Fsp3) is 0.0714. The van der Waals surface area contributed by atoms with E-state index < -0.39 is 17.8 Å². The van der Waals surface area contributed by atoms with Crippen LogP contribution in [-0.4, -0.2) is 5.91 Å². The number of hydrogen-bond donors (Lipinski definition) is 2. The van der Waals surface area contributed by atoms with E-state index in [0.717, 1.165) is 0 Å². The average Bonchev–Trinajstić information content (AvgIpc) is 2.41. The number of rotatable bonds is 4.